The summed E-state index contributed by atoms with van der Waals surface area (Å²) in [6.07, 6.45) is -4.78. The number of aromatic nitrogens is 1. The van der Waals surface area contributed by atoms with Gasteiger partial charge in [0, 0.05) is 24.8 Å². The third-order valence-electron chi connectivity index (χ3n) is 2.11. The number of ether oxygens (including phenoxy) is 1. The summed E-state index contributed by atoms with van der Waals surface area (Å²) in [5.41, 5.74) is 0.643. The molecular weight excluding hydrogens is 209 g/mol. The number of hydrogen-bond donors (Lipinski definition) is 1. The van der Waals surface area contributed by atoms with Crippen LogP contribution >= 0.6 is 0 Å². The molecule has 0 bridgehead atoms. The Kier molecular flexibility index (Phi) is 2.52. The first kappa shape index (κ1) is 10.2. The molecule has 0 saturated heterocycles. The van der Waals surface area contributed by atoms with Crippen LogP contribution in [0.4, 0.5) is 13.2 Å². The maximum absolute atomic E-state index is 12.4. The van der Waals surface area contributed by atoms with Crippen LogP contribution in [0.5, 0.6) is 5.88 Å². The Morgan fingerprint density at radius 3 is 3.00 bits per heavy atom. The minimum Gasteiger partial charge on any atom is -0.463 e. The lowest BCUT2D eigenvalue weighted by atomic mass is 10.3. The van der Waals surface area contributed by atoms with Gasteiger partial charge in [-0.1, -0.05) is 6.07 Å². The number of rotatable bonds is 0. The van der Waals surface area contributed by atoms with Crippen LogP contribution in [0, 0.1) is 0 Å². The SMILES string of the molecule is FC(F)(F)C1CNCc2cccnc2O1. The number of nitrogens with one attached hydrogen (secondary N) is 1. The molecule has 0 fully saturated rings. The zero-order valence-electron chi connectivity index (χ0n) is 7.71. The molecule has 0 spiro atoms. The van der Waals surface area contributed by atoms with Gasteiger partial charge in [0.15, 0.2) is 0 Å². The van der Waals surface area contributed by atoms with Crippen molar-refractivity contribution in [2.24, 2.45) is 0 Å². The van der Waals surface area contributed by atoms with Crippen molar-refractivity contribution >= 4 is 0 Å². The first-order valence-electron chi connectivity index (χ1n) is 4.45. The van der Waals surface area contributed by atoms with Gasteiger partial charge < -0.3 is 10.1 Å². The van der Waals surface area contributed by atoms with Gasteiger partial charge in [0.1, 0.15) is 0 Å². The molecule has 1 N–H and O–H groups in total. The Labute approximate surface area is 84.3 Å². The molecule has 3 nitrogen and oxygen atoms in total. The van der Waals surface area contributed by atoms with Gasteiger partial charge in [0.25, 0.3) is 0 Å². The van der Waals surface area contributed by atoms with Crippen molar-refractivity contribution in [3.63, 3.8) is 0 Å². The first-order valence-corrected chi connectivity index (χ1v) is 4.45. The van der Waals surface area contributed by atoms with Crippen LogP contribution in [-0.4, -0.2) is 23.8 Å². The maximum atomic E-state index is 12.4. The molecule has 1 aromatic heterocycles. The number of halogens is 3. The van der Waals surface area contributed by atoms with Gasteiger partial charge in [0.05, 0.1) is 0 Å². The highest BCUT2D eigenvalue weighted by Crippen LogP contribution is 2.27. The van der Waals surface area contributed by atoms with Crippen molar-refractivity contribution in [3.8, 4) is 5.88 Å². The molecule has 0 radical (unpaired) electrons. The largest absolute Gasteiger partial charge is 0.463 e. The molecule has 0 aliphatic carbocycles. The highest BCUT2D eigenvalue weighted by atomic mass is 19.4. The number of pyridine rings is 1. The highest BCUT2D eigenvalue weighted by molar-refractivity contribution is 5.26. The minimum absolute atomic E-state index is 0.0600. The van der Waals surface area contributed by atoms with E-state index in [0.717, 1.165) is 0 Å². The Hall–Kier alpha value is -1.30. The summed E-state index contributed by atoms with van der Waals surface area (Å²) in [5.74, 6) is 0.0600. The average molecular weight is 218 g/mol. The van der Waals surface area contributed by atoms with Gasteiger partial charge in [-0.2, -0.15) is 13.2 Å². The molecule has 1 atom stereocenters. The first-order chi connectivity index (χ1) is 7.07. The van der Waals surface area contributed by atoms with Crippen LogP contribution in [-0.2, 0) is 6.54 Å². The molecule has 0 aromatic carbocycles. The standard InChI is InChI=1S/C9H9F3N2O/c10-9(11,12)7-5-13-4-6-2-1-3-14-8(6)15-7/h1-3,7,13H,4-5H2. The lowest BCUT2D eigenvalue weighted by molar-refractivity contribution is -0.193. The summed E-state index contributed by atoms with van der Waals surface area (Å²) >= 11 is 0. The summed E-state index contributed by atoms with van der Waals surface area (Å²) in [7, 11) is 0. The predicted molar refractivity (Wildman–Crippen MR) is 46.4 cm³/mol. The van der Waals surface area contributed by atoms with Gasteiger partial charge in [-0.25, -0.2) is 4.98 Å². The van der Waals surface area contributed by atoms with E-state index >= 15 is 0 Å². The van der Waals surface area contributed by atoms with E-state index in [1.54, 1.807) is 12.1 Å². The van der Waals surface area contributed by atoms with Crippen molar-refractivity contribution < 1.29 is 17.9 Å². The second-order valence-electron chi connectivity index (χ2n) is 3.25. The summed E-state index contributed by atoms with van der Waals surface area (Å²) in [4.78, 5) is 3.78. The molecule has 0 amide bonds. The van der Waals surface area contributed by atoms with Gasteiger partial charge in [-0.15, -0.1) is 0 Å². The molecule has 0 saturated carbocycles. The summed E-state index contributed by atoms with van der Waals surface area (Å²) < 4.78 is 42.1. The molecule has 2 heterocycles. The van der Waals surface area contributed by atoms with Crippen LogP contribution in [0.3, 0.4) is 0 Å². The van der Waals surface area contributed by atoms with E-state index < -0.39 is 12.3 Å². The molecule has 2 rings (SSSR count). The van der Waals surface area contributed by atoms with Crippen LogP contribution < -0.4 is 10.1 Å². The molecule has 1 aliphatic rings. The Balaban J connectivity index is 2.25. The molecule has 6 heteroatoms. The topological polar surface area (TPSA) is 34.2 Å². The number of fused-ring (bicyclic) bond motifs is 1. The van der Waals surface area contributed by atoms with Crippen LogP contribution in [0.2, 0.25) is 0 Å². The van der Waals surface area contributed by atoms with E-state index in [4.69, 9.17) is 4.74 Å². The van der Waals surface area contributed by atoms with Crippen LogP contribution in [0.1, 0.15) is 5.56 Å². The van der Waals surface area contributed by atoms with Crippen molar-refractivity contribution in [3.05, 3.63) is 23.9 Å². The van der Waals surface area contributed by atoms with Crippen molar-refractivity contribution in [2.45, 2.75) is 18.8 Å². The maximum Gasteiger partial charge on any atom is 0.426 e. The quantitative estimate of drug-likeness (QED) is 0.716. The van der Waals surface area contributed by atoms with Crippen molar-refractivity contribution in [1.82, 2.24) is 10.3 Å². The number of nitrogens with zero attached hydrogens (tertiary/aromatic N) is 1. The number of alkyl halides is 3. The van der Waals surface area contributed by atoms with E-state index in [1.807, 2.05) is 0 Å². The Morgan fingerprint density at radius 1 is 1.47 bits per heavy atom. The van der Waals surface area contributed by atoms with Crippen LogP contribution in [0.25, 0.3) is 0 Å². The Bertz CT molecular complexity index is 353. The highest BCUT2D eigenvalue weighted by Gasteiger charge is 2.42. The zero-order chi connectivity index (χ0) is 10.9. The lowest BCUT2D eigenvalue weighted by Gasteiger charge is -2.18. The van der Waals surface area contributed by atoms with Crippen molar-refractivity contribution in [2.75, 3.05) is 6.54 Å². The molecule has 1 unspecified atom stereocenters. The van der Waals surface area contributed by atoms with Gasteiger partial charge in [0.2, 0.25) is 12.0 Å². The van der Waals surface area contributed by atoms with Gasteiger partial charge >= 0.3 is 6.18 Å². The van der Waals surface area contributed by atoms with E-state index in [1.165, 1.54) is 6.20 Å². The smallest absolute Gasteiger partial charge is 0.426 e. The van der Waals surface area contributed by atoms with Gasteiger partial charge in [-0.05, 0) is 6.07 Å². The summed E-state index contributed by atoms with van der Waals surface area (Å²) in [5, 5.41) is 2.68. The second kappa shape index (κ2) is 3.69. The fourth-order valence-electron chi connectivity index (χ4n) is 1.36. The third kappa shape index (κ3) is 2.20. The summed E-state index contributed by atoms with van der Waals surface area (Å²) in [6, 6.07) is 3.35. The zero-order valence-corrected chi connectivity index (χ0v) is 7.71. The minimum atomic E-state index is -4.37. The molecular formula is C9H9F3N2O. The molecule has 82 valence electrons. The van der Waals surface area contributed by atoms with Gasteiger partial charge in [-0.3, -0.25) is 0 Å². The molecule has 1 aliphatic heterocycles. The normalized spacial score (nSPS) is 21.4. The lowest BCUT2D eigenvalue weighted by Crippen LogP contribution is -2.41. The fourth-order valence-corrected chi connectivity index (χ4v) is 1.36. The average Bonchev–Trinajstić information content (AvgIpc) is 2.38. The molecule has 1 aromatic rings. The summed E-state index contributed by atoms with van der Waals surface area (Å²) in [6.45, 7) is 0.0929. The Morgan fingerprint density at radius 2 is 2.27 bits per heavy atom. The fraction of sp³-hybridized carbons (Fsp3) is 0.444. The monoisotopic (exact) mass is 218 g/mol. The predicted octanol–water partition coefficient (Wildman–Crippen LogP) is 1.49. The van der Waals surface area contributed by atoms with E-state index in [0.29, 0.717) is 12.1 Å². The van der Waals surface area contributed by atoms with Crippen LogP contribution in [0.15, 0.2) is 18.3 Å². The van der Waals surface area contributed by atoms with Crippen molar-refractivity contribution in [1.29, 1.82) is 0 Å². The van der Waals surface area contributed by atoms with E-state index in [-0.39, 0.29) is 12.4 Å². The van der Waals surface area contributed by atoms with E-state index in [2.05, 4.69) is 10.3 Å². The van der Waals surface area contributed by atoms with E-state index in [9.17, 15) is 13.2 Å². The third-order valence-corrected chi connectivity index (χ3v) is 2.11. The number of hydrogen-bond acceptors (Lipinski definition) is 3. The second-order valence-corrected chi connectivity index (χ2v) is 3.25. The molecule has 15 heavy (non-hydrogen) atoms.